The second-order valence-electron chi connectivity index (χ2n) is 5.28. The Balaban J connectivity index is 2.74. The van der Waals surface area contributed by atoms with Crippen LogP contribution in [0.3, 0.4) is 0 Å². The van der Waals surface area contributed by atoms with Gasteiger partial charge in [0.2, 0.25) is 0 Å². The summed E-state index contributed by atoms with van der Waals surface area (Å²) in [6, 6.07) is 2.10. The van der Waals surface area contributed by atoms with Gasteiger partial charge in [0.25, 0.3) is 0 Å². The third kappa shape index (κ3) is 3.63. The van der Waals surface area contributed by atoms with Gasteiger partial charge in [0.15, 0.2) is 0 Å². The fourth-order valence-electron chi connectivity index (χ4n) is 1.46. The van der Waals surface area contributed by atoms with Crippen molar-refractivity contribution in [1.82, 2.24) is 0 Å². The van der Waals surface area contributed by atoms with Crippen molar-refractivity contribution in [2.75, 3.05) is 7.11 Å². The molecule has 0 saturated carbocycles. The lowest BCUT2D eigenvalue weighted by atomic mass is 9.90. The third-order valence-corrected chi connectivity index (χ3v) is 3.74. The highest BCUT2D eigenvalue weighted by atomic mass is 32.1. The van der Waals surface area contributed by atoms with Crippen LogP contribution in [0.4, 0.5) is 0 Å². The second-order valence-corrected chi connectivity index (χ2v) is 6.41. The maximum Gasteiger partial charge on any atom is 0.348 e. The highest BCUT2D eigenvalue weighted by molar-refractivity contribution is 7.14. The molecule has 0 aliphatic heterocycles. The van der Waals surface area contributed by atoms with E-state index in [9.17, 15) is 4.79 Å². The zero-order valence-electron chi connectivity index (χ0n) is 10.7. The minimum atomic E-state index is -0.218. The predicted octanol–water partition coefficient (Wildman–Crippen LogP) is 3.82. The lowest BCUT2D eigenvalue weighted by Crippen LogP contribution is -2.05. The predicted molar refractivity (Wildman–Crippen MR) is 68.2 cm³/mol. The topological polar surface area (TPSA) is 26.3 Å². The number of hydrogen-bond donors (Lipinski definition) is 0. The Bertz CT molecular complexity index is 372. The SMILES string of the molecule is COC(=O)c1sc(CCC(C)(C)C)cc1C. The number of aryl methyl sites for hydroxylation is 2. The molecule has 0 aliphatic rings. The van der Waals surface area contributed by atoms with E-state index in [-0.39, 0.29) is 5.97 Å². The zero-order chi connectivity index (χ0) is 12.3. The third-order valence-electron chi connectivity index (χ3n) is 2.46. The van der Waals surface area contributed by atoms with Crippen LogP contribution >= 0.6 is 11.3 Å². The standard InChI is InChI=1S/C13H20O2S/c1-9-8-10(6-7-13(2,3)4)16-11(9)12(14)15-5/h8H,6-7H2,1-5H3. The van der Waals surface area contributed by atoms with E-state index in [0.29, 0.717) is 5.41 Å². The van der Waals surface area contributed by atoms with Gasteiger partial charge in [-0.3, -0.25) is 0 Å². The average Bonchev–Trinajstić information content (AvgIpc) is 2.55. The molecule has 0 bridgehead atoms. The summed E-state index contributed by atoms with van der Waals surface area (Å²) in [7, 11) is 1.43. The van der Waals surface area contributed by atoms with Gasteiger partial charge in [-0.25, -0.2) is 4.79 Å². The number of thiophene rings is 1. The molecule has 0 unspecified atom stereocenters. The summed E-state index contributed by atoms with van der Waals surface area (Å²) < 4.78 is 4.75. The molecule has 0 aromatic carbocycles. The van der Waals surface area contributed by atoms with Gasteiger partial charge < -0.3 is 4.74 Å². The fraction of sp³-hybridized carbons (Fsp3) is 0.615. The molecule has 0 N–H and O–H groups in total. The molecule has 0 spiro atoms. The van der Waals surface area contributed by atoms with Crippen molar-refractivity contribution >= 4 is 17.3 Å². The van der Waals surface area contributed by atoms with Crippen LogP contribution in [0.1, 0.15) is 47.3 Å². The first-order chi connectivity index (χ1) is 7.33. The van der Waals surface area contributed by atoms with Gasteiger partial charge in [-0.1, -0.05) is 20.8 Å². The molecular weight excluding hydrogens is 220 g/mol. The molecule has 0 atom stereocenters. The molecule has 16 heavy (non-hydrogen) atoms. The molecule has 3 heteroatoms. The average molecular weight is 240 g/mol. The molecule has 1 aromatic rings. The maximum atomic E-state index is 11.4. The Labute approximate surface area is 102 Å². The Hall–Kier alpha value is -0.830. The minimum absolute atomic E-state index is 0.218. The fourth-order valence-corrected chi connectivity index (χ4v) is 2.55. The van der Waals surface area contributed by atoms with Crippen LogP contribution in [0, 0.1) is 12.3 Å². The number of rotatable bonds is 3. The van der Waals surface area contributed by atoms with Crippen LogP contribution < -0.4 is 0 Å². The van der Waals surface area contributed by atoms with Crippen molar-refractivity contribution in [3.05, 3.63) is 21.4 Å². The van der Waals surface area contributed by atoms with E-state index in [1.807, 2.05) is 6.92 Å². The lowest BCUT2D eigenvalue weighted by Gasteiger charge is -2.16. The second kappa shape index (κ2) is 5.00. The van der Waals surface area contributed by atoms with Gasteiger partial charge in [-0.2, -0.15) is 0 Å². The largest absolute Gasteiger partial charge is 0.465 e. The van der Waals surface area contributed by atoms with Gasteiger partial charge >= 0.3 is 5.97 Å². The molecule has 1 aromatic heterocycles. The van der Waals surface area contributed by atoms with Crippen molar-refractivity contribution in [3.63, 3.8) is 0 Å². The van der Waals surface area contributed by atoms with Crippen LogP contribution in [0.15, 0.2) is 6.07 Å². The minimum Gasteiger partial charge on any atom is -0.465 e. The number of carbonyl (C=O) groups is 1. The number of hydrogen-bond acceptors (Lipinski definition) is 3. The normalized spacial score (nSPS) is 11.6. The molecule has 1 rings (SSSR count). The van der Waals surface area contributed by atoms with Gasteiger partial charge in [-0.05, 0) is 36.8 Å². The Morgan fingerprint density at radius 1 is 1.44 bits per heavy atom. The van der Waals surface area contributed by atoms with Crippen molar-refractivity contribution in [2.45, 2.75) is 40.5 Å². The maximum absolute atomic E-state index is 11.4. The summed E-state index contributed by atoms with van der Waals surface area (Å²) in [5, 5.41) is 0. The van der Waals surface area contributed by atoms with Crippen molar-refractivity contribution in [2.24, 2.45) is 5.41 Å². The molecule has 0 radical (unpaired) electrons. The number of carbonyl (C=O) groups excluding carboxylic acids is 1. The molecule has 2 nitrogen and oxygen atoms in total. The quantitative estimate of drug-likeness (QED) is 0.751. The van der Waals surface area contributed by atoms with Crippen LogP contribution in [0.5, 0.6) is 0 Å². The van der Waals surface area contributed by atoms with E-state index in [0.717, 1.165) is 23.3 Å². The summed E-state index contributed by atoms with van der Waals surface area (Å²) in [5.74, 6) is -0.218. The van der Waals surface area contributed by atoms with Gasteiger partial charge in [0, 0.05) is 4.88 Å². The Kier molecular flexibility index (Phi) is 4.14. The van der Waals surface area contributed by atoms with E-state index in [1.165, 1.54) is 12.0 Å². The molecule has 1 heterocycles. The molecule has 0 fully saturated rings. The Morgan fingerprint density at radius 3 is 2.56 bits per heavy atom. The number of esters is 1. The highest BCUT2D eigenvalue weighted by Gasteiger charge is 2.16. The first kappa shape index (κ1) is 13.2. The van der Waals surface area contributed by atoms with Crippen LogP contribution in [-0.4, -0.2) is 13.1 Å². The van der Waals surface area contributed by atoms with Crippen molar-refractivity contribution < 1.29 is 9.53 Å². The van der Waals surface area contributed by atoms with E-state index in [4.69, 9.17) is 4.74 Å². The van der Waals surface area contributed by atoms with E-state index < -0.39 is 0 Å². The number of ether oxygens (including phenoxy) is 1. The van der Waals surface area contributed by atoms with Crippen LogP contribution in [0.2, 0.25) is 0 Å². The van der Waals surface area contributed by atoms with E-state index in [1.54, 1.807) is 11.3 Å². The summed E-state index contributed by atoms with van der Waals surface area (Å²) in [6.45, 7) is 8.65. The summed E-state index contributed by atoms with van der Waals surface area (Å²) in [5.41, 5.74) is 1.37. The molecular formula is C13H20O2S. The van der Waals surface area contributed by atoms with Gasteiger partial charge in [-0.15, -0.1) is 11.3 Å². The monoisotopic (exact) mass is 240 g/mol. The first-order valence-electron chi connectivity index (χ1n) is 5.51. The van der Waals surface area contributed by atoms with Crippen LogP contribution in [-0.2, 0) is 11.2 Å². The van der Waals surface area contributed by atoms with Crippen molar-refractivity contribution in [1.29, 1.82) is 0 Å². The molecule has 0 saturated heterocycles. The number of methoxy groups -OCH3 is 1. The van der Waals surface area contributed by atoms with Gasteiger partial charge in [0.1, 0.15) is 4.88 Å². The molecule has 90 valence electrons. The zero-order valence-corrected chi connectivity index (χ0v) is 11.5. The lowest BCUT2D eigenvalue weighted by molar-refractivity contribution is 0.0605. The Morgan fingerprint density at radius 2 is 2.06 bits per heavy atom. The summed E-state index contributed by atoms with van der Waals surface area (Å²) in [4.78, 5) is 13.5. The smallest absolute Gasteiger partial charge is 0.348 e. The summed E-state index contributed by atoms with van der Waals surface area (Å²) in [6.07, 6.45) is 2.17. The van der Waals surface area contributed by atoms with Gasteiger partial charge in [0.05, 0.1) is 7.11 Å². The van der Waals surface area contributed by atoms with E-state index in [2.05, 4.69) is 26.8 Å². The molecule has 0 aliphatic carbocycles. The van der Waals surface area contributed by atoms with E-state index >= 15 is 0 Å². The van der Waals surface area contributed by atoms with Crippen molar-refractivity contribution in [3.8, 4) is 0 Å². The molecule has 0 amide bonds. The van der Waals surface area contributed by atoms with Crippen LogP contribution in [0.25, 0.3) is 0 Å². The summed E-state index contributed by atoms with van der Waals surface area (Å²) >= 11 is 1.56. The highest BCUT2D eigenvalue weighted by Crippen LogP contribution is 2.27. The first-order valence-corrected chi connectivity index (χ1v) is 6.33.